The lowest BCUT2D eigenvalue weighted by atomic mass is 10.2. The zero-order valence-electron chi connectivity index (χ0n) is 12.9. The molecule has 0 spiro atoms. The predicted octanol–water partition coefficient (Wildman–Crippen LogP) is 2.06. The first kappa shape index (κ1) is 17.6. The number of nitrogens with zero attached hydrogens (tertiary/aromatic N) is 2. The third-order valence-electron chi connectivity index (χ3n) is 3.13. The molecular formula is C15H14N2O6S. The lowest BCUT2D eigenvalue weighted by Crippen LogP contribution is -2.22. The fraction of sp³-hybridized carbons (Fsp3) is 0.133. The molecule has 0 saturated heterocycles. The summed E-state index contributed by atoms with van der Waals surface area (Å²) in [7, 11) is -0.756. The third-order valence-corrected chi connectivity index (χ3v) is 4.96. The Labute approximate surface area is 138 Å². The van der Waals surface area contributed by atoms with Gasteiger partial charge in [0.15, 0.2) is 0 Å². The van der Waals surface area contributed by atoms with E-state index in [1.165, 1.54) is 62.6 Å². The van der Waals surface area contributed by atoms with Gasteiger partial charge in [-0.2, -0.15) is 0 Å². The molecule has 8 nitrogen and oxygen atoms in total. The Morgan fingerprint density at radius 3 is 2.04 bits per heavy atom. The minimum Gasteiger partial charge on any atom is -0.423 e. The SMILES string of the molecule is CN(C)S(=O)(=O)c1ccc(C(=O)Oc2ccc([N+](=O)[O-])cc2)cc1. The lowest BCUT2D eigenvalue weighted by Gasteiger charge is -2.11. The number of carbonyl (C=O) groups excluding carboxylic acids is 1. The Balaban J connectivity index is 2.14. The highest BCUT2D eigenvalue weighted by atomic mass is 32.2. The van der Waals surface area contributed by atoms with Crippen LogP contribution in [0.25, 0.3) is 0 Å². The number of hydrogen-bond acceptors (Lipinski definition) is 6. The summed E-state index contributed by atoms with van der Waals surface area (Å²) >= 11 is 0. The van der Waals surface area contributed by atoms with Gasteiger partial charge in [-0.1, -0.05) is 0 Å². The van der Waals surface area contributed by atoms with E-state index in [0.717, 1.165) is 4.31 Å². The number of hydrogen-bond donors (Lipinski definition) is 0. The standard InChI is InChI=1S/C15H14N2O6S/c1-16(2)24(21,22)14-9-3-11(4-10-14)15(18)23-13-7-5-12(6-8-13)17(19)20/h3-10H,1-2H3. The molecule has 0 aromatic heterocycles. The normalized spacial score (nSPS) is 11.3. The molecule has 0 heterocycles. The van der Waals surface area contributed by atoms with Crippen molar-refractivity contribution in [2.24, 2.45) is 0 Å². The second-order valence-electron chi connectivity index (χ2n) is 4.95. The van der Waals surface area contributed by atoms with E-state index in [0.29, 0.717) is 0 Å². The molecule has 0 aliphatic carbocycles. The summed E-state index contributed by atoms with van der Waals surface area (Å²) in [4.78, 5) is 22.1. The number of esters is 1. The van der Waals surface area contributed by atoms with Gasteiger partial charge < -0.3 is 4.74 Å². The molecule has 2 aromatic rings. The number of benzene rings is 2. The van der Waals surface area contributed by atoms with Gasteiger partial charge in [-0.15, -0.1) is 0 Å². The van der Waals surface area contributed by atoms with Gasteiger partial charge in [-0.05, 0) is 36.4 Å². The van der Waals surface area contributed by atoms with E-state index in [1.54, 1.807) is 0 Å². The zero-order valence-corrected chi connectivity index (χ0v) is 13.7. The maximum Gasteiger partial charge on any atom is 0.343 e. The monoisotopic (exact) mass is 350 g/mol. The van der Waals surface area contributed by atoms with Crippen LogP contribution >= 0.6 is 0 Å². The second kappa shape index (κ2) is 6.77. The molecule has 0 atom stereocenters. The zero-order chi connectivity index (χ0) is 17.9. The van der Waals surface area contributed by atoms with Gasteiger partial charge in [0.25, 0.3) is 5.69 Å². The van der Waals surface area contributed by atoms with Crippen LogP contribution in [-0.2, 0) is 10.0 Å². The molecule has 0 bridgehead atoms. The molecule has 0 aliphatic rings. The van der Waals surface area contributed by atoms with Crippen molar-refractivity contribution in [1.29, 1.82) is 0 Å². The summed E-state index contributed by atoms with van der Waals surface area (Å²) in [6.45, 7) is 0. The molecule has 0 unspecified atom stereocenters. The molecule has 126 valence electrons. The smallest absolute Gasteiger partial charge is 0.343 e. The first-order valence-corrected chi connectivity index (χ1v) is 8.15. The van der Waals surface area contributed by atoms with Crippen molar-refractivity contribution in [2.75, 3.05) is 14.1 Å². The molecule has 24 heavy (non-hydrogen) atoms. The number of ether oxygens (including phenoxy) is 1. The van der Waals surface area contributed by atoms with E-state index >= 15 is 0 Å². The Bertz CT molecular complexity index is 858. The number of nitro benzene ring substituents is 1. The molecule has 2 aromatic carbocycles. The largest absolute Gasteiger partial charge is 0.423 e. The maximum absolute atomic E-state index is 12.0. The van der Waals surface area contributed by atoms with Crippen molar-refractivity contribution >= 4 is 21.7 Å². The molecule has 0 fully saturated rings. The van der Waals surface area contributed by atoms with Crippen molar-refractivity contribution in [2.45, 2.75) is 4.90 Å². The number of non-ortho nitro benzene ring substituents is 1. The molecule has 0 saturated carbocycles. The topological polar surface area (TPSA) is 107 Å². The highest BCUT2D eigenvalue weighted by Gasteiger charge is 2.18. The molecule has 0 amide bonds. The van der Waals surface area contributed by atoms with Crippen LogP contribution in [0.15, 0.2) is 53.4 Å². The minimum absolute atomic E-state index is 0.0550. The van der Waals surface area contributed by atoms with Gasteiger partial charge in [0.05, 0.1) is 15.4 Å². The summed E-state index contributed by atoms with van der Waals surface area (Å²) in [5, 5.41) is 10.6. The summed E-state index contributed by atoms with van der Waals surface area (Å²) in [5.41, 5.74) is 0.0408. The number of carbonyl (C=O) groups is 1. The van der Waals surface area contributed by atoms with Gasteiger partial charge >= 0.3 is 5.97 Å². The molecule has 2 rings (SSSR count). The van der Waals surface area contributed by atoms with E-state index in [9.17, 15) is 23.3 Å². The van der Waals surface area contributed by atoms with Crippen LogP contribution in [0.2, 0.25) is 0 Å². The van der Waals surface area contributed by atoms with Crippen LogP contribution in [0.4, 0.5) is 5.69 Å². The first-order valence-electron chi connectivity index (χ1n) is 6.71. The van der Waals surface area contributed by atoms with E-state index in [1.807, 2.05) is 0 Å². The van der Waals surface area contributed by atoms with Crippen LogP contribution in [0.3, 0.4) is 0 Å². The summed E-state index contributed by atoms with van der Waals surface area (Å²) in [6, 6.07) is 10.3. The van der Waals surface area contributed by atoms with Crippen LogP contribution in [0.5, 0.6) is 5.75 Å². The van der Waals surface area contributed by atoms with Crippen molar-refractivity contribution in [3.05, 3.63) is 64.2 Å². The Morgan fingerprint density at radius 1 is 1.04 bits per heavy atom. The van der Waals surface area contributed by atoms with Gasteiger partial charge in [0.2, 0.25) is 10.0 Å². The van der Waals surface area contributed by atoms with Crippen LogP contribution in [-0.4, -0.2) is 37.7 Å². The lowest BCUT2D eigenvalue weighted by molar-refractivity contribution is -0.384. The highest BCUT2D eigenvalue weighted by Crippen LogP contribution is 2.19. The second-order valence-corrected chi connectivity index (χ2v) is 7.10. The fourth-order valence-electron chi connectivity index (χ4n) is 1.78. The van der Waals surface area contributed by atoms with Gasteiger partial charge in [0, 0.05) is 26.2 Å². The van der Waals surface area contributed by atoms with Gasteiger partial charge in [-0.3, -0.25) is 10.1 Å². The van der Waals surface area contributed by atoms with E-state index in [-0.39, 0.29) is 21.9 Å². The number of rotatable bonds is 5. The average Bonchev–Trinajstić information content (AvgIpc) is 2.55. The average molecular weight is 350 g/mol. The Kier molecular flexibility index (Phi) is 4.96. The quantitative estimate of drug-likeness (QED) is 0.354. The van der Waals surface area contributed by atoms with Crippen LogP contribution in [0, 0.1) is 10.1 Å². The number of sulfonamides is 1. The third kappa shape index (κ3) is 3.76. The van der Waals surface area contributed by atoms with Crippen LogP contribution < -0.4 is 4.74 Å². The minimum atomic E-state index is -3.57. The van der Waals surface area contributed by atoms with Crippen molar-refractivity contribution in [1.82, 2.24) is 4.31 Å². The van der Waals surface area contributed by atoms with E-state index in [2.05, 4.69) is 0 Å². The van der Waals surface area contributed by atoms with Crippen molar-refractivity contribution < 1.29 is 22.9 Å². The first-order chi connectivity index (χ1) is 11.2. The van der Waals surface area contributed by atoms with E-state index < -0.39 is 20.9 Å². The summed E-state index contributed by atoms with van der Waals surface area (Å²) in [6.07, 6.45) is 0. The number of nitro groups is 1. The maximum atomic E-state index is 12.0. The fourth-order valence-corrected chi connectivity index (χ4v) is 2.68. The van der Waals surface area contributed by atoms with Crippen molar-refractivity contribution in [3.63, 3.8) is 0 Å². The van der Waals surface area contributed by atoms with Crippen LogP contribution in [0.1, 0.15) is 10.4 Å². The molecule has 9 heteroatoms. The highest BCUT2D eigenvalue weighted by molar-refractivity contribution is 7.89. The molecule has 0 N–H and O–H groups in total. The van der Waals surface area contributed by atoms with Gasteiger partial charge in [0.1, 0.15) is 5.75 Å². The van der Waals surface area contributed by atoms with Crippen molar-refractivity contribution in [3.8, 4) is 5.75 Å². The molecule has 0 radical (unpaired) electrons. The van der Waals surface area contributed by atoms with E-state index in [4.69, 9.17) is 4.74 Å². The Morgan fingerprint density at radius 2 is 1.58 bits per heavy atom. The molecular weight excluding hydrogens is 336 g/mol. The van der Waals surface area contributed by atoms with Gasteiger partial charge in [-0.25, -0.2) is 17.5 Å². The summed E-state index contributed by atoms with van der Waals surface area (Å²) in [5.74, 6) is -0.548. The Hall–Kier alpha value is -2.78. The summed E-state index contributed by atoms with van der Waals surface area (Å²) < 4.78 is 30.0. The molecule has 0 aliphatic heterocycles. The predicted molar refractivity (Wildman–Crippen MR) is 85.4 cm³/mol.